The van der Waals surface area contributed by atoms with E-state index in [9.17, 15) is 4.79 Å². The highest BCUT2D eigenvalue weighted by Crippen LogP contribution is 2.20. The third-order valence-corrected chi connectivity index (χ3v) is 5.01. The Morgan fingerprint density at radius 1 is 1.27 bits per heavy atom. The second-order valence-corrected chi connectivity index (χ2v) is 7.02. The first-order valence-electron chi connectivity index (χ1n) is 10.4. The van der Waals surface area contributed by atoms with E-state index in [0.29, 0.717) is 24.8 Å². The highest BCUT2D eigenvalue weighted by atomic mass is 16.5. The molecule has 2 N–H and O–H groups in total. The molecule has 0 unspecified atom stereocenters. The van der Waals surface area contributed by atoms with Gasteiger partial charge in [-0.15, -0.1) is 0 Å². The number of hydrogen-bond acceptors (Lipinski definition) is 6. The molecule has 0 spiro atoms. The number of hydrogen-bond donors (Lipinski definition) is 2. The number of guanidine groups is 1. The monoisotopic (exact) mass is 414 g/mol. The van der Waals surface area contributed by atoms with Gasteiger partial charge in [0.25, 0.3) is 0 Å². The van der Waals surface area contributed by atoms with Crippen molar-refractivity contribution in [3.8, 4) is 17.1 Å². The van der Waals surface area contributed by atoms with E-state index in [1.165, 1.54) is 0 Å². The van der Waals surface area contributed by atoms with Gasteiger partial charge in [-0.3, -0.25) is 9.89 Å². The number of likely N-dealkylation sites (tertiary alicyclic amines) is 1. The number of H-pyrrole nitrogens is 1. The van der Waals surface area contributed by atoms with Crippen molar-refractivity contribution in [1.29, 1.82) is 0 Å². The fourth-order valence-corrected chi connectivity index (χ4v) is 3.40. The minimum absolute atomic E-state index is 0.0228. The van der Waals surface area contributed by atoms with Crippen LogP contribution in [0.25, 0.3) is 11.4 Å². The van der Waals surface area contributed by atoms with Gasteiger partial charge < -0.3 is 19.7 Å². The maximum absolute atomic E-state index is 12.0. The fourth-order valence-electron chi connectivity index (χ4n) is 3.40. The van der Waals surface area contributed by atoms with Crippen molar-refractivity contribution in [1.82, 2.24) is 25.4 Å². The maximum atomic E-state index is 12.0. The highest BCUT2D eigenvalue weighted by molar-refractivity contribution is 5.80. The van der Waals surface area contributed by atoms with Crippen LogP contribution in [0.1, 0.15) is 32.5 Å². The molecular formula is C21H30N6O3. The third kappa shape index (κ3) is 5.49. The van der Waals surface area contributed by atoms with Crippen LogP contribution in [-0.2, 0) is 16.1 Å². The Balaban J connectivity index is 1.61. The van der Waals surface area contributed by atoms with Gasteiger partial charge in [0.1, 0.15) is 18.1 Å². The Morgan fingerprint density at radius 2 is 2.00 bits per heavy atom. The number of methoxy groups -OCH3 is 1. The number of nitrogens with one attached hydrogen (secondary N) is 2. The predicted molar refractivity (Wildman–Crippen MR) is 114 cm³/mol. The number of aromatic amines is 1. The zero-order valence-corrected chi connectivity index (χ0v) is 17.9. The first-order chi connectivity index (χ1) is 14.6. The summed E-state index contributed by atoms with van der Waals surface area (Å²) in [5.41, 5.74) is 0.912. The average molecular weight is 415 g/mol. The van der Waals surface area contributed by atoms with E-state index in [0.717, 1.165) is 49.7 Å². The lowest BCUT2D eigenvalue weighted by Gasteiger charge is -2.33. The second kappa shape index (κ2) is 10.6. The van der Waals surface area contributed by atoms with Crippen molar-refractivity contribution >= 4 is 11.9 Å². The second-order valence-electron chi connectivity index (χ2n) is 7.02. The lowest BCUT2D eigenvalue weighted by Crippen LogP contribution is -2.46. The van der Waals surface area contributed by atoms with Crippen molar-refractivity contribution in [2.45, 2.75) is 33.2 Å². The van der Waals surface area contributed by atoms with Gasteiger partial charge in [-0.25, -0.2) is 9.98 Å². The molecule has 1 fully saturated rings. The molecule has 162 valence electrons. The zero-order chi connectivity index (χ0) is 21.3. The van der Waals surface area contributed by atoms with E-state index in [4.69, 9.17) is 14.5 Å². The van der Waals surface area contributed by atoms with Crippen LogP contribution in [0, 0.1) is 5.92 Å². The molecule has 1 aliphatic rings. The first-order valence-corrected chi connectivity index (χ1v) is 10.4. The van der Waals surface area contributed by atoms with Gasteiger partial charge in [-0.2, -0.15) is 5.10 Å². The molecule has 1 aromatic heterocycles. The van der Waals surface area contributed by atoms with Gasteiger partial charge in [0, 0.05) is 25.2 Å². The number of esters is 1. The number of ether oxygens (including phenoxy) is 2. The Hall–Kier alpha value is -3.10. The molecule has 2 aromatic rings. The van der Waals surface area contributed by atoms with Gasteiger partial charge in [0.2, 0.25) is 0 Å². The van der Waals surface area contributed by atoms with Crippen LogP contribution < -0.4 is 10.1 Å². The smallest absolute Gasteiger partial charge is 0.309 e. The first kappa shape index (κ1) is 21.6. The highest BCUT2D eigenvalue weighted by Gasteiger charge is 2.27. The van der Waals surface area contributed by atoms with E-state index in [-0.39, 0.29) is 11.9 Å². The summed E-state index contributed by atoms with van der Waals surface area (Å²) in [6, 6.07) is 7.61. The third-order valence-electron chi connectivity index (χ3n) is 5.01. The number of aliphatic imine (C=N–C) groups is 1. The van der Waals surface area contributed by atoms with Crippen molar-refractivity contribution in [2.75, 3.05) is 33.4 Å². The van der Waals surface area contributed by atoms with Crippen LogP contribution in [0.5, 0.6) is 5.75 Å². The summed E-state index contributed by atoms with van der Waals surface area (Å²) in [4.78, 5) is 23.4. The van der Waals surface area contributed by atoms with Gasteiger partial charge in [-0.05, 0) is 51.0 Å². The molecule has 1 aromatic carbocycles. The van der Waals surface area contributed by atoms with E-state index in [1.54, 1.807) is 7.11 Å². The molecule has 2 heterocycles. The van der Waals surface area contributed by atoms with Gasteiger partial charge in [-0.1, -0.05) is 0 Å². The molecule has 1 aliphatic heterocycles. The summed E-state index contributed by atoms with van der Waals surface area (Å²) in [7, 11) is 1.64. The van der Waals surface area contributed by atoms with Crippen LogP contribution in [-0.4, -0.2) is 65.4 Å². The minimum atomic E-state index is -0.0909. The molecule has 0 bridgehead atoms. The van der Waals surface area contributed by atoms with Crippen molar-refractivity contribution < 1.29 is 14.3 Å². The van der Waals surface area contributed by atoms with Crippen LogP contribution >= 0.6 is 0 Å². The normalized spacial score (nSPS) is 15.2. The van der Waals surface area contributed by atoms with E-state index in [2.05, 4.69) is 25.4 Å². The zero-order valence-electron chi connectivity index (χ0n) is 17.9. The molecule has 30 heavy (non-hydrogen) atoms. The number of piperidine rings is 1. The van der Waals surface area contributed by atoms with Crippen LogP contribution in [0.15, 0.2) is 29.3 Å². The van der Waals surface area contributed by atoms with Crippen molar-refractivity contribution in [2.24, 2.45) is 10.9 Å². The van der Waals surface area contributed by atoms with Crippen molar-refractivity contribution in [3.63, 3.8) is 0 Å². The lowest BCUT2D eigenvalue weighted by molar-refractivity contribution is -0.149. The lowest BCUT2D eigenvalue weighted by atomic mass is 9.97. The number of rotatable bonds is 7. The number of benzene rings is 1. The summed E-state index contributed by atoms with van der Waals surface area (Å²) in [5, 5.41) is 10.6. The Morgan fingerprint density at radius 3 is 2.63 bits per heavy atom. The van der Waals surface area contributed by atoms with Gasteiger partial charge in [0.15, 0.2) is 11.8 Å². The molecular weight excluding hydrogens is 384 g/mol. The van der Waals surface area contributed by atoms with Crippen molar-refractivity contribution in [3.05, 3.63) is 30.1 Å². The Labute approximate surface area is 176 Å². The largest absolute Gasteiger partial charge is 0.497 e. The number of carbonyl (C=O) groups is 1. The predicted octanol–water partition coefficient (Wildman–Crippen LogP) is 2.22. The Bertz CT molecular complexity index is 841. The maximum Gasteiger partial charge on any atom is 0.309 e. The van der Waals surface area contributed by atoms with E-state index in [1.807, 2.05) is 38.1 Å². The quantitative estimate of drug-likeness (QED) is 0.407. The number of nitrogens with zero attached hydrogens (tertiary/aromatic N) is 4. The van der Waals surface area contributed by atoms with Gasteiger partial charge >= 0.3 is 5.97 Å². The molecule has 0 radical (unpaired) electrons. The standard InChI is InChI=1S/C21H30N6O3/c1-4-22-21(27-12-10-16(11-13-27)20(28)30-5-2)23-14-18-24-19(26-25-18)15-6-8-17(29-3)9-7-15/h6-9,16H,4-5,10-14H2,1-3H3,(H,22,23)(H,24,25,26). The topological polar surface area (TPSA) is 105 Å². The molecule has 3 rings (SSSR count). The van der Waals surface area contributed by atoms with Gasteiger partial charge in [0.05, 0.1) is 19.6 Å². The molecule has 0 aliphatic carbocycles. The molecule has 0 saturated carbocycles. The number of carbonyl (C=O) groups excluding carboxylic acids is 1. The molecule has 0 atom stereocenters. The SMILES string of the molecule is CCNC(=NCc1nc(-c2ccc(OC)cc2)n[nH]1)N1CCC(C(=O)OCC)CC1. The number of aromatic nitrogens is 3. The minimum Gasteiger partial charge on any atom is -0.497 e. The average Bonchev–Trinajstić information content (AvgIpc) is 3.26. The molecule has 0 amide bonds. The van der Waals surface area contributed by atoms with E-state index < -0.39 is 0 Å². The molecule has 1 saturated heterocycles. The summed E-state index contributed by atoms with van der Waals surface area (Å²) in [6.45, 7) is 7.00. The fraction of sp³-hybridized carbons (Fsp3) is 0.524. The van der Waals surface area contributed by atoms with Crippen LogP contribution in [0.3, 0.4) is 0 Å². The summed E-state index contributed by atoms with van der Waals surface area (Å²) < 4.78 is 10.3. The Kier molecular flexibility index (Phi) is 7.64. The van der Waals surface area contributed by atoms with Crippen LogP contribution in [0.4, 0.5) is 0 Å². The molecule has 9 heteroatoms. The molecule has 9 nitrogen and oxygen atoms in total. The summed E-state index contributed by atoms with van der Waals surface area (Å²) in [6.07, 6.45) is 1.54. The summed E-state index contributed by atoms with van der Waals surface area (Å²) in [5.74, 6) is 2.82. The van der Waals surface area contributed by atoms with Crippen LogP contribution in [0.2, 0.25) is 0 Å². The van der Waals surface area contributed by atoms with E-state index >= 15 is 0 Å². The summed E-state index contributed by atoms with van der Waals surface area (Å²) >= 11 is 0.